The zero-order chi connectivity index (χ0) is 13.0. The molecule has 0 atom stereocenters. The maximum absolute atomic E-state index is 3.39. The van der Waals surface area contributed by atoms with Crippen molar-refractivity contribution in [3.63, 3.8) is 0 Å². The largest absolute Gasteiger partial charge is 0.313 e. The molecule has 2 heteroatoms. The van der Waals surface area contributed by atoms with Crippen LogP contribution >= 0.6 is 0 Å². The highest BCUT2D eigenvalue weighted by Crippen LogP contribution is 2.24. The summed E-state index contributed by atoms with van der Waals surface area (Å²) >= 11 is 0. The fourth-order valence-electron chi connectivity index (χ4n) is 2.50. The Balaban J connectivity index is 1.92. The second kappa shape index (κ2) is 6.35. The second-order valence-corrected chi connectivity index (χ2v) is 5.78. The third-order valence-electron chi connectivity index (χ3n) is 3.66. The van der Waals surface area contributed by atoms with Gasteiger partial charge in [-0.2, -0.15) is 0 Å². The summed E-state index contributed by atoms with van der Waals surface area (Å²) in [6, 6.07) is 6.97. The Morgan fingerprint density at radius 2 is 2.00 bits per heavy atom. The zero-order valence-electron chi connectivity index (χ0n) is 12.0. The molecular formula is C16H26N2. The van der Waals surface area contributed by atoms with Crippen LogP contribution in [0.3, 0.4) is 0 Å². The van der Waals surface area contributed by atoms with Crippen molar-refractivity contribution < 1.29 is 0 Å². The van der Waals surface area contributed by atoms with E-state index in [2.05, 4.69) is 49.2 Å². The number of rotatable bonds is 6. The van der Waals surface area contributed by atoms with Crippen molar-refractivity contribution >= 4 is 0 Å². The molecule has 0 fully saturated rings. The van der Waals surface area contributed by atoms with Crippen molar-refractivity contribution in [3.05, 3.63) is 34.9 Å². The number of nitrogens with one attached hydrogen (secondary N) is 1. The summed E-state index contributed by atoms with van der Waals surface area (Å²) in [6.45, 7) is 12.3. The van der Waals surface area contributed by atoms with Gasteiger partial charge >= 0.3 is 0 Å². The van der Waals surface area contributed by atoms with Crippen LogP contribution in [0.15, 0.2) is 18.2 Å². The second-order valence-electron chi connectivity index (χ2n) is 5.78. The summed E-state index contributed by atoms with van der Waals surface area (Å²) in [5.41, 5.74) is 4.48. The van der Waals surface area contributed by atoms with Crippen LogP contribution in [0.25, 0.3) is 0 Å². The lowest BCUT2D eigenvalue weighted by Crippen LogP contribution is -2.18. The maximum atomic E-state index is 3.39. The molecule has 0 bridgehead atoms. The lowest BCUT2D eigenvalue weighted by atomic mass is 10.1. The van der Waals surface area contributed by atoms with Gasteiger partial charge in [-0.25, -0.2) is 0 Å². The molecule has 0 unspecified atom stereocenters. The minimum Gasteiger partial charge on any atom is -0.313 e. The molecular weight excluding hydrogens is 220 g/mol. The molecule has 0 saturated heterocycles. The van der Waals surface area contributed by atoms with E-state index in [9.17, 15) is 0 Å². The Hall–Kier alpha value is -0.860. The van der Waals surface area contributed by atoms with Gasteiger partial charge in [-0.15, -0.1) is 0 Å². The molecule has 0 spiro atoms. The Morgan fingerprint density at radius 1 is 1.22 bits per heavy atom. The van der Waals surface area contributed by atoms with Crippen LogP contribution in [-0.2, 0) is 19.6 Å². The Morgan fingerprint density at radius 3 is 2.72 bits per heavy atom. The Kier molecular flexibility index (Phi) is 4.79. The van der Waals surface area contributed by atoms with Gasteiger partial charge in [0.2, 0.25) is 0 Å². The molecule has 0 saturated carbocycles. The summed E-state index contributed by atoms with van der Waals surface area (Å²) in [4.78, 5) is 2.57. The van der Waals surface area contributed by atoms with Gasteiger partial charge in [-0.3, -0.25) is 4.90 Å². The van der Waals surface area contributed by atoms with Gasteiger partial charge in [0.1, 0.15) is 0 Å². The monoisotopic (exact) mass is 246 g/mol. The van der Waals surface area contributed by atoms with E-state index in [4.69, 9.17) is 0 Å². The molecule has 100 valence electrons. The zero-order valence-corrected chi connectivity index (χ0v) is 12.0. The van der Waals surface area contributed by atoms with E-state index < -0.39 is 0 Å². The third kappa shape index (κ3) is 3.56. The summed E-state index contributed by atoms with van der Waals surface area (Å²) in [7, 11) is 0. The van der Waals surface area contributed by atoms with E-state index in [1.807, 2.05) is 0 Å². The van der Waals surface area contributed by atoms with Gasteiger partial charge < -0.3 is 5.32 Å². The summed E-state index contributed by atoms with van der Waals surface area (Å²) in [6.07, 6.45) is 1.30. The van der Waals surface area contributed by atoms with Crippen molar-refractivity contribution in [2.75, 3.05) is 13.1 Å². The van der Waals surface area contributed by atoms with Crippen molar-refractivity contribution in [2.45, 2.75) is 46.8 Å². The van der Waals surface area contributed by atoms with Crippen LogP contribution in [0.1, 0.15) is 43.9 Å². The topological polar surface area (TPSA) is 15.3 Å². The molecule has 0 aromatic heterocycles. The number of fused-ring (bicyclic) bond motifs is 1. The highest BCUT2D eigenvalue weighted by molar-refractivity contribution is 5.34. The molecule has 1 heterocycles. The normalized spacial score (nSPS) is 15.3. The fraction of sp³-hybridized carbons (Fsp3) is 0.625. The smallest absolute Gasteiger partial charge is 0.0240 e. The molecule has 0 radical (unpaired) electrons. The maximum Gasteiger partial charge on any atom is 0.0240 e. The number of hydrogen-bond donors (Lipinski definition) is 1. The van der Waals surface area contributed by atoms with Crippen LogP contribution in [0.5, 0.6) is 0 Å². The average molecular weight is 246 g/mol. The molecule has 0 aliphatic carbocycles. The van der Waals surface area contributed by atoms with Gasteiger partial charge in [-0.1, -0.05) is 39.0 Å². The van der Waals surface area contributed by atoms with Crippen LogP contribution in [-0.4, -0.2) is 18.0 Å². The van der Waals surface area contributed by atoms with E-state index in [0.29, 0.717) is 0 Å². The van der Waals surface area contributed by atoms with E-state index in [-0.39, 0.29) is 0 Å². The van der Waals surface area contributed by atoms with Crippen LogP contribution in [0.4, 0.5) is 0 Å². The number of nitrogens with zero attached hydrogens (tertiary/aromatic N) is 1. The van der Waals surface area contributed by atoms with Crippen molar-refractivity contribution in [2.24, 2.45) is 5.92 Å². The first-order valence-electron chi connectivity index (χ1n) is 7.22. The minimum atomic E-state index is 0.804. The van der Waals surface area contributed by atoms with E-state index in [1.54, 1.807) is 0 Å². The van der Waals surface area contributed by atoms with Gasteiger partial charge in [-0.05, 0) is 42.1 Å². The highest BCUT2D eigenvalue weighted by Gasteiger charge is 2.18. The Bertz CT molecular complexity index is 385. The number of benzene rings is 1. The highest BCUT2D eigenvalue weighted by atomic mass is 15.1. The molecule has 18 heavy (non-hydrogen) atoms. The predicted octanol–water partition coefficient (Wildman–Crippen LogP) is 3.16. The van der Waals surface area contributed by atoms with E-state index >= 15 is 0 Å². The fourth-order valence-corrected chi connectivity index (χ4v) is 2.50. The first-order valence-corrected chi connectivity index (χ1v) is 7.22. The van der Waals surface area contributed by atoms with Crippen LogP contribution in [0.2, 0.25) is 0 Å². The molecule has 1 aromatic carbocycles. The molecule has 0 amide bonds. The molecule has 2 nitrogen and oxygen atoms in total. The van der Waals surface area contributed by atoms with Crippen LogP contribution < -0.4 is 5.32 Å². The standard InChI is InChI=1S/C16H26N2/c1-4-17-10-14-5-6-15-11-18(8-7-13(2)3)12-16(15)9-14/h5-6,9,13,17H,4,7-8,10-12H2,1-3H3. The quantitative estimate of drug-likeness (QED) is 0.829. The molecule has 1 aliphatic heterocycles. The lowest BCUT2D eigenvalue weighted by molar-refractivity contribution is 0.266. The van der Waals surface area contributed by atoms with Gasteiger partial charge in [0, 0.05) is 19.6 Å². The van der Waals surface area contributed by atoms with E-state index in [1.165, 1.54) is 29.7 Å². The van der Waals surface area contributed by atoms with Crippen molar-refractivity contribution in [1.29, 1.82) is 0 Å². The van der Waals surface area contributed by atoms with Crippen LogP contribution in [0, 0.1) is 5.92 Å². The SMILES string of the molecule is CCNCc1ccc2c(c1)CN(CCC(C)C)C2. The minimum absolute atomic E-state index is 0.804. The van der Waals surface area contributed by atoms with Gasteiger partial charge in [0.25, 0.3) is 0 Å². The number of hydrogen-bond acceptors (Lipinski definition) is 2. The molecule has 1 aliphatic rings. The first-order chi connectivity index (χ1) is 8.69. The summed E-state index contributed by atoms with van der Waals surface area (Å²) in [5.74, 6) is 0.804. The predicted molar refractivity (Wildman–Crippen MR) is 77.4 cm³/mol. The van der Waals surface area contributed by atoms with Gasteiger partial charge in [0.15, 0.2) is 0 Å². The van der Waals surface area contributed by atoms with Gasteiger partial charge in [0.05, 0.1) is 0 Å². The molecule has 1 aromatic rings. The molecule has 2 rings (SSSR count). The summed E-state index contributed by atoms with van der Waals surface area (Å²) in [5, 5.41) is 3.39. The van der Waals surface area contributed by atoms with Crippen molar-refractivity contribution in [3.8, 4) is 0 Å². The average Bonchev–Trinajstić information content (AvgIpc) is 2.75. The first kappa shape index (κ1) is 13.6. The lowest BCUT2D eigenvalue weighted by Gasteiger charge is -2.15. The van der Waals surface area contributed by atoms with E-state index in [0.717, 1.165) is 32.1 Å². The third-order valence-corrected chi connectivity index (χ3v) is 3.66. The molecule has 1 N–H and O–H groups in total. The summed E-state index contributed by atoms with van der Waals surface area (Å²) < 4.78 is 0. The Labute approximate surface area is 111 Å². The van der Waals surface area contributed by atoms with Crippen molar-refractivity contribution in [1.82, 2.24) is 10.2 Å².